The van der Waals surface area contributed by atoms with Crippen LogP contribution in [-0.4, -0.2) is 21.0 Å². The number of rotatable bonds is 3. The first-order valence-electron chi connectivity index (χ1n) is 6.46. The molecule has 5 nitrogen and oxygen atoms in total. The topological polar surface area (TPSA) is 75.1 Å². The van der Waals surface area contributed by atoms with Crippen molar-refractivity contribution in [1.29, 1.82) is 0 Å². The smallest absolute Gasteiger partial charge is 0.335 e. The van der Waals surface area contributed by atoms with Gasteiger partial charge in [0.2, 0.25) is 0 Å². The van der Waals surface area contributed by atoms with Crippen molar-refractivity contribution in [3.63, 3.8) is 0 Å². The summed E-state index contributed by atoms with van der Waals surface area (Å²) in [5.74, 6) is -0.484. The van der Waals surface area contributed by atoms with E-state index in [-0.39, 0.29) is 5.56 Å². The molecule has 1 aromatic carbocycles. The van der Waals surface area contributed by atoms with Crippen LogP contribution >= 0.6 is 0 Å². The summed E-state index contributed by atoms with van der Waals surface area (Å²) in [5, 5.41) is 13.2. The van der Waals surface area contributed by atoms with Gasteiger partial charge in [0.15, 0.2) is 0 Å². The molecule has 2 heterocycles. The minimum atomic E-state index is -0.976. The third-order valence-electron chi connectivity index (χ3n) is 3.11. The molecule has 2 N–H and O–H groups in total. The monoisotopic (exact) mass is 279 g/mol. The lowest BCUT2D eigenvalue weighted by Gasteiger charge is -2.10. The van der Waals surface area contributed by atoms with Crippen molar-refractivity contribution in [2.24, 2.45) is 0 Å². The van der Waals surface area contributed by atoms with Crippen LogP contribution in [0.15, 0.2) is 48.7 Å². The van der Waals surface area contributed by atoms with E-state index in [0.29, 0.717) is 5.82 Å². The van der Waals surface area contributed by atoms with Crippen molar-refractivity contribution in [3.05, 3.63) is 59.9 Å². The number of carboxylic acids is 1. The highest BCUT2D eigenvalue weighted by Gasteiger charge is 2.07. The number of hydrogen-bond acceptors (Lipinski definition) is 4. The molecule has 104 valence electrons. The lowest BCUT2D eigenvalue weighted by atomic mass is 10.1. The minimum Gasteiger partial charge on any atom is -0.478 e. The lowest BCUT2D eigenvalue weighted by molar-refractivity contribution is 0.0697. The number of para-hydroxylation sites is 1. The maximum absolute atomic E-state index is 11.0. The fraction of sp³-hybridized carbons (Fsp3) is 0.0625. The van der Waals surface area contributed by atoms with E-state index in [1.165, 1.54) is 18.3 Å². The van der Waals surface area contributed by atoms with Crippen LogP contribution < -0.4 is 5.32 Å². The predicted molar refractivity (Wildman–Crippen MR) is 81.0 cm³/mol. The normalized spacial score (nSPS) is 10.5. The van der Waals surface area contributed by atoms with E-state index in [0.717, 1.165) is 22.3 Å². The van der Waals surface area contributed by atoms with Gasteiger partial charge < -0.3 is 10.4 Å². The van der Waals surface area contributed by atoms with Gasteiger partial charge >= 0.3 is 5.97 Å². The molecule has 0 aliphatic heterocycles. The predicted octanol–water partition coefficient (Wildman–Crippen LogP) is 3.38. The van der Waals surface area contributed by atoms with E-state index in [2.05, 4.69) is 15.3 Å². The maximum Gasteiger partial charge on any atom is 0.335 e. The molecular weight excluding hydrogens is 266 g/mol. The molecule has 0 radical (unpaired) electrons. The molecule has 0 saturated carbocycles. The summed E-state index contributed by atoms with van der Waals surface area (Å²) >= 11 is 0. The Bertz CT molecular complexity index is 831. The third-order valence-corrected chi connectivity index (χ3v) is 3.11. The number of carboxylic acid groups (broad SMARTS) is 1. The Morgan fingerprint density at radius 2 is 2.00 bits per heavy atom. The van der Waals surface area contributed by atoms with Crippen LogP contribution in [-0.2, 0) is 0 Å². The first-order chi connectivity index (χ1) is 10.1. The molecule has 2 aromatic heterocycles. The summed E-state index contributed by atoms with van der Waals surface area (Å²) in [6.07, 6.45) is 1.47. The molecule has 0 spiro atoms. The van der Waals surface area contributed by atoms with Crippen LogP contribution in [0.5, 0.6) is 0 Å². The molecule has 0 amide bonds. The molecule has 3 rings (SSSR count). The number of carbonyl (C=O) groups is 1. The van der Waals surface area contributed by atoms with Crippen molar-refractivity contribution < 1.29 is 9.90 Å². The number of benzene rings is 1. The number of hydrogen-bond donors (Lipinski definition) is 2. The molecule has 0 aliphatic rings. The summed E-state index contributed by atoms with van der Waals surface area (Å²) < 4.78 is 0. The summed E-state index contributed by atoms with van der Waals surface area (Å²) in [6.45, 7) is 1.92. The van der Waals surface area contributed by atoms with Gasteiger partial charge in [-0.05, 0) is 31.2 Å². The standard InChI is InChI=1S/C16H13N3O2/c1-10-8-14(12-4-2-3-5-13(12)18-10)19-15-9-11(16(20)21)6-7-17-15/h2-9H,1H3,(H,20,21)(H,17,18,19). The SMILES string of the molecule is Cc1cc(Nc2cc(C(=O)O)ccn2)c2ccccc2n1. The van der Waals surface area contributed by atoms with E-state index in [1.54, 1.807) is 0 Å². The van der Waals surface area contributed by atoms with Crippen molar-refractivity contribution in [2.75, 3.05) is 5.32 Å². The van der Waals surface area contributed by atoms with Crippen LogP contribution in [0, 0.1) is 6.92 Å². The van der Waals surface area contributed by atoms with Crippen LogP contribution in [0.3, 0.4) is 0 Å². The summed E-state index contributed by atoms with van der Waals surface area (Å²) in [4.78, 5) is 19.6. The number of aromatic carboxylic acids is 1. The number of anilines is 2. The molecule has 5 heteroatoms. The summed E-state index contributed by atoms with van der Waals surface area (Å²) in [7, 11) is 0. The van der Waals surface area contributed by atoms with Gasteiger partial charge in [0.05, 0.1) is 16.8 Å². The Morgan fingerprint density at radius 3 is 2.81 bits per heavy atom. The van der Waals surface area contributed by atoms with Crippen LogP contribution in [0.1, 0.15) is 16.1 Å². The molecule has 0 bridgehead atoms. The molecule has 21 heavy (non-hydrogen) atoms. The quantitative estimate of drug-likeness (QED) is 0.768. The summed E-state index contributed by atoms with van der Waals surface area (Å²) in [5.41, 5.74) is 2.82. The zero-order valence-electron chi connectivity index (χ0n) is 11.4. The number of nitrogens with one attached hydrogen (secondary N) is 1. The van der Waals surface area contributed by atoms with Gasteiger partial charge in [0, 0.05) is 17.3 Å². The van der Waals surface area contributed by atoms with E-state index < -0.39 is 5.97 Å². The lowest BCUT2D eigenvalue weighted by Crippen LogP contribution is -2.00. The Balaban J connectivity index is 2.05. The average Bonchev–Trinajstić information content (AvgIpc) is 2.47. The van der Waals surface area contributed by atoms with Gasteiger partial charge in [-0.25, -0.2) is 9.78 Å². The van der Waals surface area contributed by atoms with Crippen molar-refractivity contribution in [2.45, 2.75) is 6.92 Å². The van der Waals surface area contributed by atoms with Gasteiger partial charge in [0.25, 0.3) is 0 Å². The van der Waals surface area contributed by atoms with Crippen LogP contribution in [0.25, 0.3) is 10.9 Å². The second-order valence-corrected chi connectivity index (χ2v) is 4.69. The zero-order chi connectivity index (χ0) is 14.8. The molecule has 0 unspecified atom stereocenters. The van der Waals surface area contributed by atoms with Crippen LogP contribution in [0.4, 0.5) is 11.5 Å². The molecular formula is C16H13N3O2. The van der Waals surface area contributed by atoms with Crippen LogP contribution in [0.2, 0.25) is 0 Å². The Hall–Kier alpha value is -2.95. The van der Waals surface area contributed by atoms with Gasteiger partial charge in [0.1, 0.15) is 5.82 Å². The molecule has 0 atom stereocenters. The Labute approximate surface area is 121 Å². The second-order valence-electron chi connectivity index (χ2n) is 4.69. The Kier molecular flexibility index (Phi) is 3.23. The maximum atomic E-state index is 11.0. The van der Waals surface area contributed by atoms with Gasteiger partial charge in [-0.3, -0.25) is 4.98 Å². The minimum absolute atomic E-state index is 0.197. The van der Waals surface area contributed by atoms with Gasteiger partial charge in [-0.2, -0.15) is 0 Å². The number of aromatic nitrogens is 2. The number of aryl methyl sites for hydroxylation is 1. The molecule has 0 saturated heterocycles. The van der Waals surface area contributed by atoms with Crippen molar-refractivity contribution in [1.82, 2.24) is 9.97 Å². The zero-order valence-corrected chi connectivity index (χ0v) is 11.4. The van der Waals surface area contributed by atoms with Crippen molar-refractivity contribution in [3.8, 4) is 0 Å². The fourth-order valence-corrected chi connectivity index (χ4v) is 2.18. The average molecular weight is 279 g/mol. The van der Waals surface area contributed by atoms with Crippen molar-refractivity contribution >= 4 is 28.4 Å². The third kappa shape index (κ3) is 2.67. The van der Waals surface area contributed by atoms with E-state index in [1.807, 2.05) is 37.3 Å². The highest BCUT2D eigenvalue weighted by Crippen LogP contribution is 2.25. The fourth-order valence-electron chi connectivity index (χ4n) is 2.18. The molecule has 3 aromatic rings. The van der Waals surface area contributed by atoms with Gasteiger partial charge in [-0.15, -0.1) is 0 Å². The highest BCUT2D eigenvalue weighted by atomic mass is 16.4. The first kappa shape index (κ1) is 13.1. The number of nitrogens with zero attached hydrogens (tertiary/aromatic N) is 2. The van der Waals surface area contributed by atoms with Gasteiger partial charge in [-0.1, -0.05) is 18.2 Å². The number of pyridine rings is 2. The number of fused-ring (bicyclic) bond motifs is 1. The largest absolute Gasteiger partial charge is 0.478 e. The molecule has 0 fully saturated rings. The van der Waals surface area contributed by atoms with E-state index >= 15 is 0 Å². The van der Waals surface area contributed by atoms with E-state index in [4.69, 9.17) is 5.11 Å². The second kappa shape index (κ2) is 5.20. The van der Waals surface area contributed by atoms with E-state index in [9.17, 15) is 4.79 Å². The Morgan fingerprint density at radius 1 is 1.19 bits per heavy atom. The molecule has 0 aliphatic carbocycles. The summed E-state index contributed by atoms with van der Waals surface area (Å²) in [6, 6.07) is 12.7. The first-order valence-corrected chi connectivity index (χ1v) is 6.46. The highest BCUT2D eigenvalue weighted by molar-refractivity contribution is 5.93.